The molecule has 0 aromatic rings. The van der Waals surface area contributed by atoms with Gasteiger partial charge in [-0.3, -0.25) is 10.3 Å². The Morgan fingerprint density at radius 2 is 2.00 bits per heavy atom. The summed E-state index contributed by atoms with van der Waals surface area (Å²) in [6, 6.07) is 0. The van der Waals surface area contributed by atoms with Crippen molar-refractivity contribution in [1.82, 2.24) is 9.80 Å². The summed E-state index contributed by atoms with van der Waals surface area (Å²) in [6.45, 7) is 8.88. The van der Waals surface area contributed by atoms with Crippen molar-refractivity contribution in [3.63, 3.8) is 0 Å². The normalized spacial score (nSPS) is 28.1. The summed E-state index contributed by atoms with van der Waals surface area (Å²) < 4.78 is 11.0. The summed E-state index contributed by atoms with van der Waals surface area (Å²) in [5.74, 6) is 0.626. The Hall–Kier alpha value is -0.650. The molecule has 2 aliphatic rings. The van der Waals surface area contributed by atoms with Crippen LogP contribution < -0.4 is 0 Å². The van der Waals surface area contributed by atoms with E-state index < -0.39 is 0 Å². The lowest BCUT2D eigenvalue weighted by atomic mass is 10.2. The quantitative estimate of drug-likeness (QED) is 0.533. The van der Waals surface area contributed by atoms with Gasteiger partial charge in [0.15, 0.2) is 0 Å². The molecule has 2 fully saturated rings. The molecule has 2 aliphatic heterocycles. The van der Waals surface area contributed by atoms with E-state index in [0.29, 0.717) is 5.84 Å². The standard InChI is InChI=1S/C11H21N3O2/c1-2-13-3-8-16-10(9-13)11(12)14-4-6-15-7-5-14/h10,12H,2-9H2,1H3. The predicted molar refractivity (Wildman–Crippen MR) is 62.0 cm³/mol. The number of likely N-dealkylation sites (N-methyl/N-ethyl adjacent to an activating group) is 1. The first-order valence-corrected chi connectivity index (χ1v) is 6.06. The van der Waals surface area contributed by atoms with E-state index in [1.54, 1.807) is 0 Å². The number of rotatable bonds is 2. The molecular weight excluding hydrogens is 206 g/mol. The molecule has 0 aliphatic carbocycles. The van der Waals surface area contributed by atoms with Gasteiger partial charge in [0.25, 0.3) is 0 Å². The van der Waals surface area contributed by atoms with Crippen molar-refractivity contribution in [3.8, 4) is 0 Å². The minimum atomic E-state index is -0.0493. The van der Waals surface area contributed by atoms with Gasteiger partial charge in [-0.2, -0.15) is 0 Å². The van der Waals surface area contributed by atoms with Gasteiger partial charge in [0.1, 0.15) is 11.9 Å². The lowest BCUT2D eigenvalue weighted by Gasteiger charge is -2.37. The Morgan fingerprint density at radius 3 is 2.69 bits per heavy atom. The van der Waals surface area contributed by atoms with Crippen LogP contribution in [-0.2, 0) is 9.47 Å². The predicted octanol–water partition coefficient (Wildman–Crippen LogP) is 0.0166. The highest BCUT2D eigenvalue weighted by atomic mass is 16.5. The first-order chi connectivity index (χ1) is 7.81. The number of nitrogens with one attached hydrogen (secondary N) is 1. The maximum atomic E-state index is 8.16. The molecule has 2 rings (SSSR count). The number of ether oxygens (including phenoxy) is 2. The van der Waals surface area contributed by atoms with E-state index in [9.17, 15) is 0 Å². The molecule has 0 bridgehead atoms. The Balaban J connectivity index is 1.87. The van der Waals surface area contributed by atoms with Crippen molar-refractivity contribution in [1.29, 1.82) is 5.41 Å². The van der Waals surface area contributed by atoms with Crippen molar-refractivity contribution < 1.29 is 9.47 Å². The summed E-state index contributed by atoms with van der Waals surface area (Å²) in [5.41, 5.74) is 0. The molecule has 0 saturated carbocycles. The summed E-state index contributed by atoms with van der Waals surface area (Å²) in [4.78, 5) is 4.41. The van der Waals surface area contributed by atoms with Crippen LogP contribution in [-0.4, -0.2) is 74.3 Å². The van der Waals surface area contributed by atoms with Crippen LogP contribution in [0.2, 0.25) is 0 Å². The molecule has 0 aromatic heterocycles. The molecule has 1 unspecified atom stereocenters. The smallest absolute Gasteiger partial charge is 0.127 e. The lowest BCUT2D eigenvalue weighted by Crippen LogP contribution is -2.52. The molecule has 1 atom stereocenters. The van der Waals surface area contributed by atoms with Gasteiger partial charge in [-0.25, -0.2) is 0 Å². The third-order valence-corrected chi connectivity index (χ3v) is 3.25. The van der Waals surface area contributed by atoms with E-state index in [1.165, 1.54) is 0 Å². The molecule has 0 amide bonds. The number of hydrogen-bond acceptors (Lipinski definition) is 4. The van der Waals surface area contributed by atoms with Crippen molar-refractivity contribution in [2.75, 3.05) is 52.5 Å². The summed E-state index contributed by atoms with van der Waals surface area (Å²) in [5, 5.41) is 8.16. The number of hydrogen-bond donors (Lipinski definition) is 1. The van der Waals surface area contributed by atoms with E-state index in [0.717, 1.165) is 52.5 Å². The zero-order valence-corrected chi connectivity index (χ0v) is 9.95. The Kier molecular flexibility index (Phi) is 4.15. The fourth-order valence-electron chi connectivity index (χ4n) is 2.16. The van der Waals surface area contributed by atoms with E-state index in [-0.39, 0.29) is 6.10 Å². The van der Waals surface area contributed by atoms with Crippen LogP contribution in [0, 0.1) is 5.41 Å². The van der Waals surface area contributed by atoms with Gasteiger partial charge >= 0.3 is 0 Å². The topological polar surface area (TPSA) is 48.8 Å². The largest absolute Gasteiger partial charge is 0.378 e. The molecule has 0 spiro atoms. The fourth-order valence-corrected chi connectivity index (χ4v) is 2.16. The minimum Gasteiger partial charge on any atom is -0.378 e. The molecule has 2 saturated heterocycles. The summed E-state index contributed by atoms with van der Waals surface area (Å²) in [6.07, 6.45) is -0.0493. The van der Waals surface area contributed by atoms with Gasteiger partial charge in [-0.1, -0.05) is 6.92 Å². The van der Waals surface area contributed by atoms with Gasteiger partial charge in [0.2, 0.25) is 0 Å². The second-order valence-electron chi connectivity index (χ2n) is 4.24. The second kappa shape index (κ2) is 5.61. The van der Waals surface area contributed by atoms with Gasteiger partial charge < -0.3 is 14.4 Å². The molecule has 0 radical (unpaired) electrons. The van der Waals surface area contributed by atoms with Crippen LogP contribution in [0.3, 0.4) is 0 Å². The molecule has 5 heteroatoms. The number of nitrogens with zero attached hydrogens (tertiary/aromatic N) is 2. The SMILES string of the molecule is CCN1CCOC(C(=N)N2CCOCC2)C1. The van der Waals surface area contributed by atoms with E-state index in [2.05, 4.69) is 16.7 Å². The number of morpholine rings is 2. The van der Waals surface area contributed by atoms with Crippen LogP contribution in [0.25, 0.3) is 0 Å². The highest BCUT2D eigenvalue weighted by molar-refractivity contribution is 5.84. The van der Waals surface area contributed by atoms with Crippen LogP contribution in [0.15, 0.2) is 0 Å². The molecule has 2 heterocycles. The van der Waals surface area contributed by atoms with Crippen molar-refractivity contribution in [2.45, 2.75) is 13.0 Å². The highest BCUT2D eigenvalue weighted by Gasteiger charge is 2.27. The second-order valence-corrected chi connectivity index (χ2v) is 4.24. The molecule has 0 aromatic carbocycles. The fraction of sp³-hybridized carbons (Fsp3) is 0.909. The summed E-state index contributed by atoms with van der Waals surface area (Å²) in [7, 11) is 0. The first kappa shape index (κ1) is 11.8. The van der Waals surface area contributed by atoms with Crippen molar-refractivity contribution in [3.05, 3.63) is 0 Å². The lowest BCUT2D eigenvalue weighted by molar-refractivity contribution is -0.00358. The van der Waals surface area contributed by atoms with Crippen LogP contribution in [0.4, 0.5) is 0 Å². The summed E-state index contributed by atoms with van der Waals surface area (Å²) >= 11 is 0. The van der Waals surface area contributed by atoms with Crippen LogP contribution in [0.5, 0.6) is 0 Å². The Bertz CT molecular complexity index is 241. The highest BCUT2D eigenvalue weighted by Crippen LogP contribution is 2.10. The van der Waals surface area contributed by atoms with Gasteiger partial charge in [0.05, 0.1) is 19.8 Å². The maximum absolute atomic E-state index is 8.16. The van der Waals surface area contributed by atoms with E-state index in [1.807, 2.05) is 0 Å². The minimum absolute atomic E-state index is 0.0493. The molecule has 1 N–H and O–H groups in total. The maximum Gasteiger partial charge on any atom is 0.127 e. The first-order valence-electron chi connectivity index (χ1n) is 6.06. The van der Waals surface area contributed by atoms with Gasteiger partial charge in [0, 0.05) is 26.2 Å². The average Bonchev–Trinajstić information content (AvgIpc) is 2.39. The molecule has 16 heavy (non-hydrogen) atoms. The Labute approximate surface area is 96.8 Å². The van der Waals surface area contributed by atoms with Crippen LogP contribution >= 0.6 is 0 Å². The zero-order chi connectivity index (χ0) is 11.4. The molecule has 5 nitrogen and oxygen atoms in total. The van der Waals surface area contributed by atoms with Crippen molar-refractivity contribution in [2.24, 2.45) is 0 Å². The van der Waals surface area contributed by atoms with Crippen molar-refractivity contribution >= 4 is 5.84 Å². The molecule has 92 valence electrons. The monoisotopic (exact) mass is 227 g/mol. The third-order valence-electron chi connectivity index (χ3n) is 3.25. The Morgan fingerprint density at radius 1 is 1.25 bits per heavy atom. The van der Waals surface area contributed by atoms with E-state index >= 15 is 0 Å². The third kappa shape index (κ3) is 2.72. The average molecular weight is 227 g/mol. The van der Waals surface area contributed by atoms with Crippen LogP contribution in [0.1, 0.15) is 6.92 Å². The van der Waals surface area contributed by atoms with E-state index in [4.69, 9.17) is 14.9 Å². The molecular formula is C11H21N3O2. The number of amidine groups is 1. The van der Waals surface area contributed by atoms with Gasteiger partial charge in [-0.05, 0) is 6.54 Å². The van der Waals surface area contributed by atoms with Gasteiger partial charge in [-0.15, -0.1) is 0 Å². The zero-order valence-electron chi connectivity index (χ0n) is 9.95.